The average molecular weight is 415 g/mol. The molecule has 0 spiro atoms. The Bertz CT molecular complexity index is 971. The number of aromatic nitrogens is 2. The zero-order valence-electron chi connectivity index (χ0n) is 14.8. The van der Waals surface area contributed by atoms with Crippen molar-refractivity contribution in [1.29, 1.82) is 0 Å². The molecule has 1 aromatic carbocycles. The van der Waals surface area contributed by atoms with E-state index in [1.165, 1.54) is 25.3 Å². The van der Waals surface area contributed by atoms with E-state index in [4.69, 9.17) is 21.5 Å². The molecule has 1 amide bonds. The average Bonchev–Trinajstić information content (AvgIpc) is 3.02. The van der Waals surface area contributed by atoms with Crippen LogP contribution in [0.5, 0.6) is 0 Å². The fourth-order valence-electron chi connectivity index (χ4n) is 2.18. The van der Waals surface area contributed by atoms with Crippen LogP contribution in [0.1, 0.15) is 37.2 Å². The molecule has 9 nitrogen and oxygen atoms in total. The van der Waals surface area contributed by atoms with Gasteiger partial charge in [-0.3, -0.25) is 4.79 Å². The Labute approximate surface area is 161 Å². The molecule has 0 fully saturated rings. The van der Waals surface area contributed by atoms with Crippen molar-refractivity contribution in [3.63, 3.8) is 0 Å². The number of hydrogen-bond acceptors (Lipinski definition) is 6. The maximum atomic E-state index is 12.3. The second kappa shape index (κ2) is 8.07. The molecule has 0 aliphatic carbocycles. The van der Waals surface area contributed by atoms with E-state index < -0.39 is 32.9 Å². The van der Waals surface area contributed by atoms with E-state index in [0.29, 0.717) is 5.82 Å². The molecule has 27 heavy (non-hydrogen) atoms. The molecular weight excluding hydrogens is 396 g/mol. The number of esters is 1. The Morgan fingerprint density at radius 1 is 1.26 bits per heavy atom. The van der Waals surface area contributed by atoms with Crippen molar-refractivity contribution in [3.8, 4) is 0 Å². The third-order valence-electron chi connectivity index (χ3n) is 3.54. The topological polar surface area (TPSA) is 133 Å². The van der Waals surface area contributed by atoms with Gasteiger partial charge in [0.2, 0.25) is 10.0 Å². The molecule has 0 saturated carbocycles. The number of nitrogens with one attached hydrogen (secondary N) is 1. The largest absolute Gasteiger partial charge is 0.449 e. The summed E-state index contributed by atoms with van der Waals surface area (Å²) in [6.45, 7) is 5.19. The lowest BCUT2D eigenvalue weighted by molar-refractivity contribution is -0.123. The minimum absolute atomic E-state index is 0.0267. The van der Waals surface area contributed by atoms with Crippen LogP contribution in [0.2, 0.25) is 5.02 Å². The second-order valence-electron chi connectivity index (χ2n) is 5.98. The lowest BCUT2D eigenvalue weighted by Gasteiger charge is -2.16. The molecular formula is C16H19ClN4O5S. The zero-order valence-corrected chi connectivity index (χ0v) is 16.4. The van der Waals surface area contributed by atoms with Crippen molar-refractivity contribution >= 4 is 39.3 Å². The van der Waals surface area contributed by atoms with Crippen LogP contribution in [-0.4, -0.2) is 36.2 Å². The molecule has 146 valence electrons. The van der Waals surface area contributed by atoms with Crippen molar-refractivity contribution in [1.82, 2.24) is 9.78 Å². The Balaban J connectivity index is 2.11. The summed E-state index contributed by atoms with van der Waals surface area (Å²) in [7, 11) is -4.11. The molecule has 1 heterocycles. The summed E-state index contributed by atoms with van der Waals surface area (Å²) in [5.74, 6) is -0.996. The van der Waals surface area contributed by atoms with E-state index >= 15 is 0 Å². The first-order valence-electron chi connectivity index (χ1n) is 7.88. The Morgan fingerprint density at radius 3 is 2.52 bits per heavy atom. The number of amides is 1. The fourth-order valence-corrected chi connectivity index (χ4v) is 3.25. The Morgan fingerprint density at radius 2 is 1.93 bits per heavy atom. The molecule has 0 bridgehead atoms. The van der Waals surface area contributed by atoms with Crippen LogP contribution >= 0.6 is 11.6 Å². The summed E-state index contributed by atoms with van der Waals surface area (Å²) in [5, 5.41) is 11.6. The number of rotatable bonds is 6. The van der Waals surface area contributed by atoms with Gasteiger partial charge >= 0.3 is 5.97 Å². The summed E-state index contributed by atoms with van der Waals surface area (Å²) < 4.78 is 29.7. The highest BCUT2D eigenvalue weighted by Crippen LogP contribution is 2.22. The van der Waals surface area contributed by atoms with Crippen LogP contribution in [0.4, 0.5) is 5.82 Å². The van der Waals surface area contributed by atoms with Gasteiger partial charge in [0.1, 0.15) is 10.7 Å². The van der Waals surface area contributed by atoms with Crippen LogP contribution in [0.3, 0.4) is 0 Å². The third-order valence-corrected chi connectivity index (χ3v) is 4.93. The van der Waals surface area contributed by atoms with Crippen LogP contribution in [0.25, 0.3) is 0 Å². The van der Waals surface area contributed by atoms with Gasteiger partial charge in [0.05, 0.1) is 16.8 Å². The van der Waals surface area contributed by atoms with Gasteiger partial charge in [-0.15, -0.1) is 0 Å². The smallest absolute Gasteiger partial charge is 0.338 e. The van der Waals surface area contributed by atoms with E-state index in [2.05, 4.69) is 10.4 Å². The van der Waals surface area contributed by atoms with Gasteiger partial charge in [0, 0.05) is 12.1 Å². The standard InChI is InChI=1S/C16H19ClN4O5S/c1-9(2)21-14(6-7-19-21)20-15(22)10(3)26-16(23)11-4-5-12(17)13(8-11)27(18,24)25/h4-10H,1-3H3,(H,20,22)(H2,18,24,25). The number of sulfonamides is 1. The number of nitrogens with zero attached hydrogens (tertiary/aromatic N) is 2. The molecule has 1 aromatic heterocycles. The first-order chi connectivity index (χ1) is 12.5. The quantitative estimate of drug-likeness (QED) is 0.694. The summed E-state index contributed by atoms with van der Waals surface area (Å²) in [6, 6.07) is 5.13. The summed E-state index contributed by atoms with van der Waals surface area (Å²) in [6.07, 6.45) is 0.399. The molecule has 1 atom stereocenters. The first kappa shape index (κ1) is 20.9. The Hall–Kier alpha value is -2.43. The van der Waals surface area contributed by atoms with Crippen molar-refractivity contribution in [2.75, 3.05) is 5.32 Å². The molecule has 0 aliphatic rings. The molecule has 2 aromatic rings. The van der Waals surface area contributed by atoms with Crippen molar-refractivity contribution in [3.05, 3.63) is 41.0 Å². The maximum absolute atomic E-state index is 12.3. The number of benzene rings is 1. The summed E-state index contributed by atoms with van der Waals surface area (Å²) >= 11 is 5.78. The second-order valence-corrected chi connectivity index (χ2v) is 7.92. The number of ether oxygens (including phenoxy) is 1. The molecule has 0 radical (unpaired) electrons. The van der Waals surface area contributed by atoms with Crippen LogP contribution < -0.4 is 10.5 Å². The van der Waals surface area contributed by atoms with Gasteiger partial charge in [0.25, 0.3) is 5.91 Å². The number of hydrogen-bond donors (Lipinski definition) is 2. The van der Waals surface area contributed by atoms with E-state index in [9.17, 15) is 18.0 Å². The van der Waals surface area contributed by atoms with Gasteiger partial charge in [-0.05, 0) is 39.0 Å². The van der Waals surface area contributed by atoms with Crippen LogP contribution in [-0.2, 0) is 19.6 Å². The van der Waals surface area contributed by atoms with E-state index in [0.717, 1.165) is 6.07 Å². The zero-order chi connectivity index (χ0) is 20.4. The molecule has 1 unspecified atom stereocenters. The van der Waals surface area contributed by atoms with Crippen LogP contribution in [0, 0.1) is 0 Å². The van der Waals surface area contributed by atoms with Gasteiger partial charge in [-0.2, -0.15) is 5.10 Å². The van der Waals surface area contributed by atoms with Gasteiger partial charge in [0.15, 0.2) is 6.10 Å². The number of carbonyl (C=O) groups excluding carboxylic acids is 2. The molecule has 2 rings (SSSR count). The molecule has 11 heteroatoms. The van der Waals surface area contributed by atoms with Crippen molar-refractivity contribution in [2.45, 2.75) is 37.8 Å². The van der Waals surface area contributed by atoms with E-state index in [1.54, 1.807) is 10.7 Å². The summed E-state index contributed by atoms with van der Waals surface area (Å²) in [4.78, 5) is 24.1. The van der Waals surface area contributed by atoms with E-state index in [1.807, 2.05) is 13.8 Å². The highest BCUT2D eigenvalue weighted by molar-refractivity contribution is 7.89. The molecule has 3 N–H and O–H groups in total. The lowest BCUT2D eigenvalue weighted by atomic mass is 10.2. The molecule has 0 saturated heterocycles. The predicted octanol–water partition coefficient (Wildman–Crippen LogP) is 1.95. The normalized spacial score (nSPS) is 12.7. The maximum Gasteiger partial charge on any atom is 0.338 e. The predicted molar refractivity (Wildman–Crippen MR) is 98.9 cm³/mol. The van der Waals surface area contributed by atoms with E-state index in [-0.39, 0.29) is 16.6 Å². The lowest BCUT2D eigenvalue weighted by Crippen LogP contribution is -2.31. The van der Waals surface area contributed by atoms with Crippen molar-refractivity contribution in [2.24, 2.45) is 5.14 Å². The summed E-state index contributed by atoms with van der Waals surface area (Å²) in [5.41, 5.74) is -0.102. The van der Waals surface area contributed by atoms with Gasteiger partial charge in [-0.25, -0.2) is 23.0 Å². The minimum Gasteiger partial charge on any atom is -0.449 e. The monoisotopic (exact) mass is 414 g/mol. The Kier molecular flexibility index (Phi) is 6.24. The van der Waals surface area contributed by atoms with Gasteiger partial charge < -0.3 is 10.1 Å². The minimum atomic E-state index is -4.11. The SMILES string of the molecule is CC(OC(=O)c1ccc(Cl)c(S(N)(=O)=O)c1)C(=O)Nc1ccnn1C(C)C. The first-order valence-corrected chi connectivity index (χ1v) is 9.81. The number of nitrogens with two attached hydrogens (primary N) is 1. The van der Waals surface area contributed by atoms with Crippen molar-refractivity contribution < 1.29 is 22.7 Å². The highest BCUT2D eigenvalue weighted by atomic mass is 35.5. The van der Waals surface area contributed by atoms with Crippen LogP contribution in [0.15, 0.2) is 35.4 Å². The number of primary sulfonamides is 1. The third kappa shape index (κ3) is 5.06. The number of carbonyl (C=O) groups is 2. The number of anilines is 1. The van der Waals surface area contributed by atoms with Gasteiger partial charge in [-0.1, -0.05) is 11.6 Å². The fraction of sp³-hybridized carbons (Fsp3) is 0.312. The number of halogens is 1. The molecule has 0 aliphatic heterocycles. The highest BCUT2D eigenvalue weighted by Gasteiger charge is 2.22.